The average Bonchev–Trinajstić information content (AvgIpc) is 3.47. The Morgan fingerprint density at radius 1 is 1.19 bits per heavy atom. The van der Waals surface area contributed by atoms with Gasteiger partial charge in [0.1, 0.15) is 17.1 Å². The Kier molecular flexibility index (Phi) is 4.91. The molecular formula is C22H24N6O4. The van der Waals surface area contributed by atoms with E-state index < -0.39 is 5.92 Å². The van der Waals surface area contributed by atoms with Crippen molar-refractivity contribution in [3.63, 3.8) is 0 Å². The van der Waals surface area contributed by atoms with Crippen LogP contribution < -0.4 is 15.4 Å². The fourth-order valence-corrected chi connectivity index (χ4v) is 4.16. The number of aryl methyl sites for hydroxylation is 2. The van der Waals surface area contributed by atoms with Gasteiger partial charge in [-0.3, -0.25) is 29.1 Å². The first-order valence-electron chi connectivity index (χ1n) is 10.7. The normalized spacial score (nSPS) is 18.6. The Hall–Kier alpha value is -3.69. The minimum absolute atomic E-state index is 0.179. The van der Waals surface area contributed by atoms with E-state index in [-0.39, 0.29) is 30.7 Å². The molecule has 1 unspecified atom stereocenters. The third kappa shape index (κ3) is 3.72. The van der Waals surface area contributed by atoms with Gasteiger partial charge in [-0.25, -0.2) is 0 Å². The van der Waals surface area contributed by atoms with Crippen molar-refractivity contribution < 1.29 is 19.1 Å². The van der Waals surface area contributed by atoms with Crippen LogP contribution in [-0.4, -0.2) is 43.9 Å². The quantitative estimate of drug-likeness (QED) is 0.568. The molecule has 2 aliphatic rings. The molecular weight excluding hydrogens is 412 g/mol. The third-order valence-corrected chi connectivity index (χ3v) is 5.95. The maximum atomic E-state index is 12.5. The molecule has 2 aromatic heterocycles. The number of piperidine rings is 1. The van der Waals surface area contributed by atoms with Gasteiger partial charge in [0.15, 0.2) is 6.61 Å². The zero-order valence-corrected chi connectivity index (χ0v) is 17.9. The van der Waals surface area contributed by atoms with Crippen LogP contribution >= 0.6 is 0 Å². The SMILES string of the molecule is Cn1nc(C2CC2)cc1NC(=O)COc1cccc2c(C3CCC(=O)NC3=O)nn(C)c12. The molecule has 1 aliphatic heterocycles. The van der Waals surface area contributed by atoms with Crippen LogP contribution in [0.1, 0.15) is 48.9 Å². The highest BCUT2D eigenvalue weighted by Crippen LogP contribution is 2.40. The summed E-state index contributed by atoms with van der Waals surface area (Å²) in [5.41, 5.74) is 2.30. The van der Waals surface area contributed by atoms with Crippen molar-refractivity contribution in [3.05, 3.63) is 35.7 Å². The Bertz CT molecular complexity index is 1240. The Balaban J connectivity index is 1.32. The summed E-state index contributed by atoms with van der Waals surface area (Å²) in [5.74, 6) is 0.242. The van der Waals surface area contributed by atoms with E-state index in [4.69, 9.17) is 4.74 Å². The van der Waals surface area contributed by atoms with Crippen molar-refractivity contribution in [1.29, 1.82) is 0 Å². The van der Waals surface area contributed by atoms with Gasteiger partial charge in [0.25, 0.3) is 5.91 Å². The lowest BCUT2D eigenvalue weighted by Gasteiger charge is -2.19. The predicted molar refractivity (Wildman–Crippen MR) is 115 cm³/mol. The van der Waals surface area contributed by atoms with Gasteiger partial charge < -0.3 is 10.1 Å². The zero-order valence-electron chi connectivity index (χ0n) is 17.9. The monoisotopic (exact) mass is 436 g/mol. The number of carbonyl (C=O) groups is 3. The van der Waals surface area contributed by atoms with Crippen molar-refractivity contribution in [2.75, 3.05) is 11.9 Å². The number of nitrogens with zero attached hydrogens (tertiary/aromatic N) is 4. The molecule has 0 spiro atoms. The number of aromatic nitrogens is 4. The highest BCUT2D eigenvalue weighted by atomic mass is 16.5. The van der Waals surface area contributed by atoms with Crippen LogP contribution in [-0.2, 0) is 28.5 Å². The number of carbonyl (C=O) groups excluding carboxylic acids is 3. The molecule has 10 heteroatoms. The molecule has 1 saturated heterocycles. The number of rotatable bonds is 6. The van der Waals surface area contributed by atoms with E-state index in [1.54, 1.807) is 35.6 Å². The van der Waals surface area contributed by atoms with E-state index in [9.17, 15) is 14.4 Å². The number of nitrogens with one attached hydrogen (secondary N) is 2. The second-order valence-electron chi connectivity index (χ2n) is 8.35. The second kappa shape index (κ2) is 7.77. The first kappa shape index (κ1) is 20.2. The number of amides is 3. The summed E-state index contributed by atoms with van der Waals surface area (Å²) in [7, 11) is 3.56. The molecule has 32 heavy (non-hydrogen) atoms. The number of hydrogen-bond donors (Lipinski definition) is 2. The number of hydrogen-bond acceptors (Lipinski definition) is 6. The molecule has 3 aromatic rings. The lowest BCUT2D eigenvalue weighted by molar-refractivity contribution is -0.134. The molecule has 2 fully saturated rings. The fraction of sp³-hybridized carbons (Fsp3) is 0.409. The summed E-state index contributed by atoms with van der Waals surface area (Å²) in [4.78, 5) is 36.3. The predicted octanol–water partition coefficient (Wildman–Crippen LogP) is 1.72. The van der Waals surface area contributed by atoms with Crippen LogP contribution in [0.4, 0.5) is 5.82 Å². The van der Waals surface area contributed by atoms with Crippen LogP contribution in [0.3, 0.4) is 0 Å². The van der Waals surface area contributed by atoms with Crippen LogP contribution in [0.2, 0.25) is 0 Å². The average molecular weight is 436 g/mol. The summed E-state index contributed by atoms with van der Waals surface area (Å²) in [6, 6.07) is 7.34. The van der Waals surface area contributed by atoms with E-state index in [1.165, 1.54) is 0 Å². The Morgan fingerprint density at radius 2 is 2.00 bits per heavy atom. The molecule has 5 rings (SSSR count). The van der Waals surface area contributed by atoms with Crippen LogP contribution in [0.5, 0.6) is 5.75 Å². The van der Waals surface area contributed by atoms with E-state index in [0.29, 0.717) is 35.1 Å². The number of benzene rings is 1. The van der Waals surface area contributed by atoms with Crippen molar-refractivity contribution >= 4 is 34.4 Å². The minimum atomic E-state index is -0.500. The van der Waals surface area contributed by atoms with Crippen molar-refractivity contribution in [2.24, 2.45) is 14.1 Å². The molecule has 1 aliphatic carbocycles. The zero-order chi connectivity index (χ0) is 22.4. The second-order valence-corrected chi connectivity index (χ2v) is 8.35. The number of ether oxygens (including phenoxy) is 1. The van der Waals surface area contributed by atoms with Crippen LogP contribution in [0.25, 0.3) is 10.9 Å². The van der Waals surface area contributed by atoms with Gasteiger partial charge in [0.2, 0.25) is 11.8 Å². The third-order valence-electron chi connectivity index (χ3n) is 5.95. The number of para-hydroxylation sites is 1. The summed E-state index contributed by atoms with van der Waals surface area (Å²) >= 11 is 0. The summed E-state index contributed by atoms with van der Waals surface area (Å²) in [6.45, 7) is -0.179. The van der Waals surface area contributed by atoms with Gasteiger partial charge in [-0.1, -0.05) is 12.1 Å². The smallest absolute Gasteiger partial charge is 0.263 e. The summed E-state index contributed by atoms with van der Waals surface area (Å²) < 4.78 is 9.14. The maximum Gasteiger partial charge on any atom is 0.263 e. The van der Waals surface area contributed by atoms with Crippen molar-refractivity contribution in [2.45, 2.75) is 37.5 Å². The standard InChI is InChI=1S/C22H24N6O4/c1-27-17(10-15(25-27)12-6-7-12)23-19(30)11-32-16-5-3-4-13-20(26-28(2)21(13)16)14-8-9-18(29)24-22(14)31/h3-5,10,12,14H,6-9,11H2,1-2H3,(H,23,30)(H,24,29,31). The van der Waals surface area contributed by atoms with Gasteiger partial charge in [-0.2, -0.15) is 10.2 Å². The van der Waals surface area contributed by atoms with Crippen molar-refractivity contribution in [3.8, 4) is 5.75 Å². The van der Waals surface area contributed by atoms with Gasteiger partial charge in [-0.05, 0) is 25.3 Å². The minimum Gasteiger partial charge on any atom is -0.481 e. The first-order valence-corrected chi connectivity index (χ1v) is 10.7. The van der Waals surface area contributed by atoms with E-state index in [1.807, 2.05) is 12.1 Å². The molecule has 0 bridgehead atoms. The van der Waals surface area contributed by atoms with Gasteiger partial charge >= 0.3 is 0 Å². The van der Waals surface area contributed by atoms with Crippen LogP contribution in [0.15, 0.2) is 24.3 Å². The number of imide groups is 1. The molecule has 2 N–H and O–H groups in total. The first-order chi connectivity index (χ1) is 15.4. The fourth-order valence-electron chi connectivity index (χ4n) is 4.16. The van der Waals surface area contributed by atoms with E-state index >= 15 is 0 Å². The molecule has 166 valence electrons. The highest BCUT2D eigenvalue weighted by Gasteiger charge is 2.32. The Labute approximate surface area is 183 Å². The largest absolute Gasteiger partial charge is 0.481 e. The maximum absolute atomic E-state index is 12.5. The molecule has 10 nitrogen and oxygen atoms in total. The lowest BCUT2D eigenvalue weighted by Crippen LogP contribution is -2.39. The molecule has 1 saturated carbocycles. The van der Waals surface area contributed by atoms with Gasteiger partial charge in [0, 0.05) is 37.9 Å². The lowest BCUT2D eigenvalue weighted by atomic mass is 9.93. The summed E-state index contributed by atoms with van der Waals surface area (Å²) in [5, 5.41) is 15.0. The highest BCUT2D eigenvalue weighted by molar-refractivity contribution is 6.03. The van der Waals surface area contributed by atoms with Crippen LogP contribution in [0, 0.1) is 0 Å². The molecule has 0 radical (unpaired) electrons. The molecule has 3 amide bonds. The Morgan fingerprint density at radius 3 is 2.75 bits per heavy atom. The van der Waals surface area contributed by atoms with Crippen molar-refractivity contribution in [1.82, 2.24) is 24.9 Å². The topological polar surface area (TPSA) is 120 Å². The van der Waals surface area contributed by atoms with Gasteiger partial charge in [-0.15, -0.1) is 0 Å². The van der Waals surface area contributed by atoms with Gasteiger partial charge in [0.05, 0.1) is 17.3 Å². The summed E-state index contributed by atoms with van der Waals surface area (Å²) in [6.07, 6.45) is 2.98. The molecule has 1 aromatic carbocycles. The van der Waals surface area contributed by atoms with E-state index in [0.717, 1.165) is 23.9 Å². The van der Waals surface area contributed by atoms with E-state index in [2.05, 4.69) is 20.8 Å². The molecule has 1 atom stereocenters. The number of fused-ring (bicyclic) bond motifs is 1. The molecule has 3 heterocycles. The number of anilines is 1.